The summed E-state index contributed by atoms with van der Waals surface area (Å²) >= 11 is 0. The van der Waals surface area contributed by atoms with Crippen molar-refractivity contribution in [3.8, 4) is 0 Å². The normalized spacial score (nSPS) is 12.1. The molecule has 1 rings (SSSR count). The first kappa shape index (κ1) is 39.2. The summed E-state index contributed by atoms with van der Waals surface area (Å²) < 4.78 is 0. The average Bonchev–Trinajstić information content (AvgIpc) is 2.92. The number of rotatable bonds is 17. The van der Waals surface area contributed by atoms with E-state index in [1.807, 2.05) is 48.5 Å². The molecule has 1 aromatic carbocycles. The lowest BCUT2D eigenvalue weighted by atomic mass is 9.97. The lowest BCUT2D eigenvalue weighted by Gasteiger charge is -2.26. The van der Waals surface area contributed by atoms with Crippen LogP contribution in [0.15, 0.2) is 17.1 Å². The number of primary amides is 1. The van der Waals surface area contributed by atoms with Crippen molar-refractivity contribution in [3.63, 3.8) is 0 Å². The molecule has 3 atom stereocenters. The maximum atomic E-state index is 13.0. The lowest BCUT2D eigenvalue weighted by molar-refractivity contribution is -0.384. The number of aryl methyl sites for hydroxylation is 1. The van der Waals surface area contributed by atoms with Gasteiger partial charge in [0.1, 0.15) is 0 Å². The Bertz CT molecular complexity index is 969. The van der Waals surface area contributed by atoms with Crippen molar-refractivity contribution in [3.05, 3.63) is 33.4 Å². The molecule has 234 valence electrons. The summed E-state index contributed by atoms with van der Waals surface area (Å²) in [6.45, 7) is 15.3. The summed E-state index contributed by atoms with van der Waals surface area (Å²) in [5.74, 6) is -0.463. The molecule has 0 aliphatic carbocycles. The third-order valence-electron chi connectivity index (χ3n) is 5.81. The van der Waals surface area contributed by atoms with Crippen LogP contribution in [0.4, 0.5) is 11.4 Å². The number of hydrogen-bond donors (Lipinski definition) is 7. The SMILES string of the molecule is CC.CCNc1c(C)cc([N+](=O)[O-])cc1CNC(C(=O)NC(C)CCCN=C(N)N)C(C)CC.NC(=O)CNC=O. The molecule has 0 fully saturated rings. The molecule has 41 heavy (non-hydrogen) atoms. The van der Waals surface area contributed by atoms with E-state index in [9.17, 15) is 24.5 Å². The number of aliphatic imine (C=N–C) groups is 1. The van der Waals surface area contributed by atoms with Gasteiger partial charge in [0.25, 0.3) is 5.69 Å². The number of nitrogens with two attached hydrogens (primary N) is 3. The maximum Gasteiger partial charge on any atom is 0.270 e. The molecule has 14 nitrogen and oxygen atoms in total. The van der Waals surface area contributed by atoms with E-state index in [1.165, 1.54) is 0 Å². The van der Waals surface area contributed by atoms with Gasteiger partial charge in [0.05, 0.1) is 17.5 Å². The minimum Gasteiger partial charge on any atom is -0.385 e. The van der Waals surface area contributed by atoms with Crippen molar-refractivity contribution in [2.24, 2.45) is 28.1 Å². The fourth-order valence-corrected chi connectivity index (χ4v) is 3.67. The molecule has 1 aromatic rings. The minimum atomic E-state index is -0.535. The Morgan fingerprint density at radius 1 is 1.15 bits per heavy atom. The summed E-state index contributed by atoms with van der Waals surface area (Å²) in [6.07, 6.45) is 2.76. The highest BCUT2D eigenvalue weighted by Gasteiger charge is 2.25. The van der Waals surface area contributed by atoms with E-state index in [-0.39, 0.29) is 36.1 Å². The van der Waals surface area contributed by atoms with Crippen LogP contribution in [0.2, 0.25) is 0 Å². The lowest BCUT2D eigenvalue weighted by Crippen LogP contribution is -2.50. The van der Waals surface area contributed by atoms with Crippen LogP contribution >= 0.6 is 0 Å². The Labute approximate surface area is 243 Å². The first-order valence-corrected chi connectivity index (χ1v) is 13.9. The van der Waals surface area contributed by atoms with E-state index in [0.29, 0.717) is 26.0 Å². The zero-order valence-corrected chi connectivity index (χ0v) is 25.6. The molecule has 0 radical (unpaired) electrons. The predicted molar refractivity (Wildman–Crippen MR) is 164 cm³/mol. The Morgan fingerprint density at radius 3 is 2.24 bits per heavy atom. The quantitative estimate of drug-likeness (QED) is 0.0353. The van der Waals surface area contributed by atoms with Crippen molar-refractivity contribution in [1.29, 1.82) is 0 Å². The number of nitrogens with one attached hydrogen (secondary N) is 4. The van der Waals surface area contributed by atoms with Gasteiger partial charge in [-0.15, -0.1) is 0 Å². The molecule has 0 saturated carbocycles. The molecule has 3 amide bonds. The Hall–Kier alpha value is -3.94. The number of benzene rings is 1. The third kappa shape index (κ3) is 17.4. The Kier molecular flexibility index (Phi) is 21.8. The number of nitro benzene ring substituents is 1. The van der Waals surface area contributed by atoms with Crippen LogP contribution in [-0.2, 0) is 20.9 Å². The number of amides is 3. The molecule has 14 heteroatoms. The molecule has 3 unspecified atom stereocenters. The number of non-ortho nitro benzene ring substituents is 1. The number of carbonyl (C=O) groups is 3. The van der Waals surface area contributed by atoms with E-state index in [0.717, 1.165) is 36.1 Å². The van der Waals surface area contributed by atoms with Crippen molar-refractivity contribution < 1.29 is 19.3 Å². The molecule has 0 heterocycles. The molecule has 0 aromatic heterocycles. The van der Waals surface area contributed by atoms with E-state index >= 15 is 0 Å². The summed E-state index contributed by atoms with van der Waals surface area (Å²) in [7, 11) is 0. The third-order valence-corrected chi connectivity index (χ3v) is 5.81. The molecule has 0 spiro atoms. The summed E-state index contributed by atoms with van der Waals surface area (Å²) in [4.78, 5) is 47.0. The van der Waals surface area contributed by atoms with Gasteiger partial charge in [-0.1, -0.05) is 34.1 Å². The van der Waals surface area contributed by atoms with Gasteiger partial charge < -0.3 is 38.5 Å². The fourth-order valence-electron chi connectivity index (χ4n) is 3.67. The standard InChI is InChI=1S/C22H39N7O3.C3H6N2O2.C2H6/c1-6-14(3)20(21(30)28-16(5)9-8-10-26-22(23)24)27-13-17-12-18(29(31)32)11-15(4)19(17)25-7-2;4-3(7)1-5-2-6;1-2/h11-12,14,16,20,25,27H,6-10,13H2,1-5H3,(H,28,30)(H4,23,24,26);2H,1H2,(H2,4,7)(H,5,6);1-2H3. The van der Waals surface area contributed by atoms with Gasteiger partial charge in [0, 0.05) is 43.5 Å². The Morgan fingerprint density at radius 2 is 1.78 bits per heavy atom. The van der Waals surface area contributed by atoms with Gasteiger partial charge in [-0.2, -0.15) is 0 Å². The predicted octanol–water partition coefficient (Wildman–Crippen LogP) is 1.64. The molecular weight excluding hydrogens is 530 g/mol. The highest BCUT2D eigenvalue weighted by Crippen LogP contribution is 2.27. The zero-order chi connectivity index (χ0) is 32.0. The van der Waals surface area contributed by atoms with Gasteiger partial charge in [0.15, 0.2) is 5.96 Å². The van der Waals surface area contributed by atoms with Crippen LogP contribution in [-0.4, -0.2) is 60.8 Å². The summed E-state index contributed by atoms with van der Waals surface area (Å²) in [6, 6.07) is 2.68. The van der Waals surface area contributed by atoms with Gasteiger partial charge in [-0.25, -0.2) is 0 Å². The van der Waals surface area contributed by atoms with Crippen LogP contribution in [0, 0.1) is 23.0 Å². The number of hydrogen-bond acceptors (Lipinski definition) is 8. The number of carbonyl (C=O) groups excluding carboxylic acids is 3. The molecule has 10 N–H and O–H groups in total. The van der Waals surface area contributed by atoms with Gasteiger partial charge in [-0.3, -0.25) is 29.5 Å². The molecule has 0 saturated heterocycles. The van der Waals surface area contributed by atoms with Crippen molar-refractivity contribution in [1.82, 2.24) is 16.0 Å². The maximum absolute atomic E-state index is 13.0. The van der Waals surface area contributed by atoms with Crippen molar-refractivity contribution in [2.45, 2.75) is 86.4 Å². The largest absolute Gasteiger partial charge is 0.385 e. The monoisotopic (exact) mass is 581 g/mol. The number of nitro groups is 1. The van der Waals surface area contributed by atoms with Crippen molar-refractivity contribution >= 4 is 35.6 Å². The van der Waals surface area contributed by atoms with Crippen LogP contribution in [0.3, 0.4) is 0 Å². The summed E-state index contributed by atoms with van der Waals surface area (Å²) in [5.41, 5.74) is 17.8. The number of guanidine groups is 1. The molecule has 0 aliphatic rings. The smallest absolute Gasteiger partial charge is 0.270 e. The van der Waals surface area contributed by atoms with E-state index in [4.69, 9.17) is 11.5 Å². The van der Waals surface area contributed by atoms with Crippen molar-refractivity contribution in [2.75, 3.05) is 25.0 Å². The number of nitrogens with zero attached hydrogens (tertiary/aromatic N) is 2. The first-order chi connectivity index (χ1) is 19.4. The average molecular weight is 582 g/mol. The fraction of sp³-hybridized carbons (Fsp3) is 0.630. The Balaban J connectivity index is 0. The van der Waals surface area contributed by atoms with Crippen LogP contribution in [0.25, 0.3) is 0 Å². The second-order valence-electron chi connectivity index (χ2n) is 9.15. The van der Waals surface area contributed by atoms with Crippen LogP contribution in [0.5, 0.6) is 0 Å². The van der Waals surface area contributed by atoms with Gasteiger partial charge in [0.2, 0.25) is 18.2 Å². The summed E-state index contributed by atoms with van der Waals surface area (Å²) in [5, 5.41) is 23.1. The van der Waals surface area contributed by atoms with Gasteiger partial charge >= 0.3 is 0 Å². The molecule has 0 aliphatic heterocycles. The van der Waals surface area contributed by atoms with Crippen LogP contribution < -0.4 is 38.5 Å². The second kappa shape index (κ2) is 22.8. The second-order valence-corrected chi connectivity index (χ2v) is 9.15. The van der Waals surface area contributed by atoms with E-state index in [2.05, 4.69) is 32.0 Å². The molecule has 0 bridgehead atoms. The minimum absolute atomic E-state index is 0.0255. The zero-order valence-electron chi connectivity index (χ0n) is 25.6. The van der Waals surface area contributed by atoms with Gasteiger partial charge in [-0.05, 0) is 50.7 Å². The van der Waals surface area contributed by atoms with Crippen LogP contribution in [0.1, 0.15) is 71.9 Å². The van der Waals surface area contributed by atoms with E-state index < -0.39 is 16.9 Å². The highest BCUT2D eigenvalue weighted by atomic mass is 16.6. The topological polar surface area (TPSA) is 233 Å². The number of anilines is 1. The first-order valence-electron chi connectivity index (χ1n) is 13.9. The van der Waals surface area contributed by atoms with E-state index in [1.54, 1.807) is 12.1 Å². The highest BCUT2D eigenvalue weighted by molar-refractivity contribution is 5.82. The molecular formula is C27H51N9O5.